The molecule has 0 N–H and O–H groups in total. The zero-order valence-corrected chi connectivity index (χ0v) is 12.8. The minimum absolute atomic E-state index is 0.152. The van der Waals surface area contributed by atoms with Gasteiger partial charge in [0, 0.05) is 13.8 Å². The van der Waals surface area contributed by atoms with Gasteiger partial charge in [-0.25, -0.2) is 4.68 Å². The van der Waals surface area contributed by atoms with Crippen LogP contribution in [0.3, 0.4) is 0 Å². The van der Waals surface area contributed by atoms with Gasteiger partial charge in [-0.05, 0) is 37.9 Å². The van der Waals surface area contributed by atoms with Crippen molar-refractivity contribution in [2.75, 3.05) is 13.8 Å². The van der Waals surface area contributed by atoms with Crippen LogP contribution < -0.4 is 0 Å². The van der Waals surface area contributed by atoms with Gasteiger partial charge in [0.1, 0.15) is 11.9 Å². The van der Waals surface area contributed by atoms with Crippen molar-refractivity contribution in [3.8, 4) is 0 Å². The summed E-state index contributed by atoms with van der Waals surface area (Å²) in [6.07, 6.45) is -0.174. The summed E-state index contributed by atoms with van der Waals surface area (Å²) in [5.41, 5.74) is -0.152. The molecule has 2 heterocycles. The molecule has 8 heteroatoms. The fourth-order valence-electron chi connectivity index (χ4n) is 1.61. The smallest absolute Gasteiger partial charge is 0.203 e. The van der Waals surface area contributed by atoms with Gasteiger partial charge in [0.15, 0.2) is 6.42 Å². The van der Waals surface area contributed by atoms with E-state index < -0.39 is 6.42 Å². The summed E-state index contributed by atoms with van der Waals surface area (Å²) in [5, 5.41) is 4.27. The largest absolute Gasteiger partial charge is 0.365 e. The van der Waals surface area contributed by atoms with Gasteiger partial charge in [0.25, 0.3) is 0 Å². The van der Waals surface area contributed by atoms with E-state index in [9.17, 15) is 0 Å². The van der Waals surface area contributed by atoms with Crippen LogP contribution in [0.5, 0.6) is 0 Å². The first kappa shape index (κ1) is 13.4. The SMILES string of the molecule is COP(C)(=S)n1cnn(CC2(C)OC2C)c1=S. The number of nitrogens with zero attached hydrogens (tertiary/aromatic N) is 3. The van der Waals surface area contributed by atoms with Gasteiger partial charge in [0.2, 0.25) is 4.77 Å². The Balaban J connectivity index is 2.28. The molecule has 1 aromatic heterocycles. The first-order valence-electron chi connectivity index (χ1n) is 5.26. The molecule has 3 atom stereocenters. The second kappa shape index (κ2) is 4.24. The van der Waals surface area contributed by atoms with Crippen molar-refractivity contribution in [1.82, 2.24) is 14.1 Å². The third-order valence-corrected chi connectivity index (χ3v) is 6.43. The highest BCUT2D eigenvalue weighted by molar-refractivity contribution is 8.11. The van der Waals surface area contributed by atoms with E-state index in [4.69, 9.17) is 33.3 Å². The van der Waals surface area contributed by atoms with Crippen molar-refractivity contribution in [3.05, 3.63) is 11.1 Å². The van der Waals surface area contributed by atoms with Crippen LogP contribution in [0, 0.1) is 4.77 Å². The molecular weight excluding hydrogens is 277 g/mol. The number of hydrogen-bond acceptors (Lipinski definition) is 5. The predicted octanol–water partition coefficient (Wildman–Crippen LogP) is 2.03. The molecule has 96 valence electrons. The Bertz CT molecular complexity index is 541. The summed E-state index contributed by atoms with van der Waals surface area (Å²) in [4.78, 5) is 0. The van der Waals surface area contributed by atoms with Crippen LogP contribution in [0.4, 0.5) is 0 Å². The van der Waals surface area contributed by atoms with E-state index in [1.165, 1.54) is 0 Å². The summed E-state index contributed by atoms with van der Waals surface area (Å²) >= 11 is 10.8. The van der Waals surface area contributed by atoms with Crippen molar-refractivity contribution < 1.29 is 9.26 Å². The number of epoxide rings is 1. The first-order chi connectivity index (χ1) is 7.80. The molecule has 5 nitrogen and oxygen atoms in total. The van der Waals surface area contributed by atoms with Crippen LogP contribution in [0.25, 0.3) is 0 Å². The maximum absolute atomic E-state index is 5.52. The lowest BCUT2D eigenvalue weighted by molar-refractivity contribution is 0.277. The number of rotatable bonds is 4. The lowest BCUT2D eigenvalue weighted by atomic mass is 10.1. The van der Waals surface area contributed by atoms with Gasteiger partial charge in [0.05, 0.1) is 12.6 Å². The van der Waals surface area contributed by atoms with Crippen LogP contribution >= 0.6 is 18.6 Å². The Morgan fingerprint density at radius 1 is 1.71 bits per heavy atom. The fourth-order valence-corrected chi connectivity index (χ4v) is 3.57. The average molecular weight is 293 g/mol. The molecule has 3 unspecified atom stereocenters. The minimum Gasteiger partial charge on any atom is -0.365 e. The van der Waals surface area contributed by atoms with Gasteiger partial charge in [-0.1, -0.05) is 0 Å². The second-order valence-electron chi connectivity index (χ2n) is 4.47. The predicted molar refractivity (Wildman–Crippen MR) is 72.6 cm³/mol. The molecule has 1 saturated heterocycles. The van der Waals surface area contributed by atoms with Crippen molar-refractivity contribution in [3.63, 3.8) is 0 Å². The Morgan fingerprint density at radius 3 is 2.76 bits per heavy atom. The monoisotopic (exact) mass is 293 g/mol. The standard InChI is InChI=1S/C9H16N3O2PS2/c1-7-9(2,14-7)5-11-8(16)12(6-10-11)15(4,17)13-3/h6-7H,5H2,1-4H3. The van der Waals surface area contributed by atoms with E-state index in [0.29, 0.717) is 11.3 Å². The highest BCUT2D eigenvalue weighted by Gasteiger charge is 2.49. The summed E-state index contributed by atoms with van der Waals surface area (Å²) in [6, 6.07) is 0. The van der Waals surface area contributed by atoms with E-state index >= 15 is 0 Å². The van der Waals surface area contributed by atoms with Crippen molar-refractivity contribution in [2.45, 2.75) is 32.1 Å². The summed E-state index contributed by atoms with van der Waals surface area (Å²) in [6.45, 7) is 6.62. The van der Waals surface area contributed by atoms with Crippen molar-refractivity contribution in [1.29, 1.82) is 0 Å². The average Bonchev–Trinajstić information content (AvgIpc) is 2.66. The molecular formula is C9H16N3O2PS2. The van der Waals surface area contributed by atoms with Gasteiger partial charge in [-0.3, -0.25) is 4.34 Å². The summed E-state index contributed by atoms with van der Waals surface area (Å²) < 4.78 is 15.0. The maximum Gasteiger partial charge on any atom is 0.203 e. The summed E-state index contributed by atoms with van der Waals surface area (Å²) in [5.74, 6) is 0. The molecule has 1 fully saturated rings. The fraction of sp³-hybridized carbons (Fsp3) is 0.778. The Hall–Kier alpha value is -0.0700. The zero-order valence-electron chi connectivity index (χ0n) is 10.3. The third kappa shape index (κ3) is 2.39. The van der Waals surface area contributed by atoms with Crippen LogP contribution in [-0.2, 0) is 27.6 Å². The molecule has 0 amide bonds. The molecule has 0 bridgehead atoms. The topological polar surface area (TPSA) is 44.5 Å². The normalized spacial score (nSPS) is 31.2. The molecule has 0 saturated carbocycles. The molecule has 0 aromatic carbocycles. The number of hydrogen-bond donors (Lipinski definition) is 0. The summed E-state index contributed by atoms with van der Waals surface area (Å²) in [7, 11) is 1.60. The molecule has 1 aliphatic rings. The van der Waals surface area contributed by atoms with Crippen molar-refractivity contribution in [2.24, 2.45) is 0 Å². The van der Waals surface area contributed by atoms with Crippen molar-refractivity contribution >= 4 is 30.4 Å². The number of ether oxygens (including phenoxy) is 1. The molecule has 0 radical (unpaired) electrons. The quantitative estimate of drug-likeness (QED) is 0.483. The van der Waals surface area contributed by atoms with E-state index in [2.05, 4.69) is 12.0 Å². The van der Waals surface area contributed by atoms with E-state index in [-0.39, 0.29) is 11.7 Å². The lowest BCUT2D eigenvalue weighted by Crippen LogP contribution is -2.19. The van der Waals surface area contributed by atoms with E-state index in [1.54, 1.807) is 22.5 Å². The van der Waals surface area contributed by atoms with Crippen LogP contribution in [-0.4, -0.2) is 39.6 Å². The number of aromatic nitrogens is 3. The maximum atomic E-state index is 5.52. The van der Waals surface area contributed by atoms with Crippen LogP contribution in [0.15, 0.2) is 6.33 Å². The second-order valence-corrected chi connectivity index (χ2v) is 9.27. The Labute approximate surface area is 111 Å². The Kier molecular flexibility index (Phi) is 3.34. The zero-order chi connectivity index (χ0) is 12.8. The molecule has 2 rings (SSSR count). The molecule has 0 aliphatic carbocycles. The lowest BCUT2D eigenvalue weighted by Gasteiger charge is -2.14. The van der Waals surface area contributed by atoms with Crippen LogP contribution in [0.2, 0.25) is 0 Å². The van der Waals surface area contributed by atoms with Gasteiger partial charge >= 0.3 is 0 Å². The third-order valence-electron chi connectivity index (χ3n) is 3.16. The first-order valence-corrected chi connectivity index (χ1v) is 8.79. The molecule has 1 aliphatic heterocycles. The van der Waals surface area contributed by atoms with E-state index in [0.717, 1.165) is 0 Å². The van der Waals surface area contributed by atoms with Gasteiger partial charge in [-0.15, -0.1) is 0 Å². The van der Waals surface area contributed by atoms with Gasteiger partial charge < -0.3 is 9.26 Å². The molecule has 17 heavy (non-hydrogen) atoms. The molecule has 0 spiro atoms. The Morgan fingerprint density at radius 2 is 2.29 bits per heavy atom. The molecule has 1 aromatic rings. The van der Waals surface area contributed by atoms with Gasteiger partial charge in [-0.2, -0.15) is 5.10 Å². The van der Waals surface area contributed by atoms with E-state index in [1.807, 2.05) is 13.6 Å². The van der Waals surface area contributed by atoms with Crippen LogP contribution in [0.1, 0.15) is 13.8 Å². The highest BCUT2D eigenvalue weighted by Crippen LogP contribution is 2.44. The minimum atomic E-state index is -2.08. The highest BCUT2D eigenvalue weighted by atomic mass is 32.4.